The van der Waals surface area contributed by atoms with Crippen molar-refractivity contribution in [2.24, 2.45) is 5.92 Å². The molecule has 132 valence electrons. The van der Waals surface area contributed by atoms with Gasteiger partial charge in [-0.3, -0.25) is 4.79 Å². The van der Waals surface area contributed by atoms with Crippen molar-refractivity contribution in [3.05, 3.63) is 40.0 Å². The van der Waals surface area contributed by atoms with E-state index in [4.69, 9.17) is 11.6 Å². The molecular formula is C21H25ClN2O. The molecule has 2 fully saturated rings. The molecule has 2 aliphatic carbocycles. The molecule has 0 unspecified atom stereocenters. The molecule has 1 aromatic heterocycles. The SMILES string of the molecule is Cc1ccc2cc(CN(C(=O)C3CC3)C3CCCC3)c(Cl)nc2c1C. The molecule has 0 N–H and O–H groups in total. The first-order valence-electron chi connectivity index (χ1n) is 9.40. The number of hydrogen-bond acceptors (Lipinski definition) is 2. The second-order valence-electron chi connectivity index (χ2n) is 7.70. The highest BCUT2D eigenvalue weighted by molar-refractivity contribution is 6.30. The van der Waals surface area contributed by atoms with E-state index in [-0.39, 0.29) is 5.92 Å². The number of hydrogen-bond donors (Lipinski definition) is 0. The van der Waals surface area contributed by atoms with Gasteiger partial charge in [-0.15, -0.1) is 0 Å². The van der Waals surface area contributed by atoms with Gasteiger partial charge in [0.1, 0.15) is 5.15 Å². The van der Waals surface area contributed by atoms with Crippen LogP contribution < -0.4 is 0 Å². The van der Waals surface area contributed by atoms with Gasteiger partial charge < -0.3 is 4.90 Å². The minimum absolute atomic E-state index is 0.248. The number of nitrogens with zero attached hydrogens (tertiary/aromatic N) is 2. The second kappa shape index (κ2) is 6.60. The number of carbonyl (C=O) groups excluding carboxylic acids is 1. The minimum Gasteiger partial charge on any atom is -0.335 e. The summed E-state index contributed by atoms with van der Waals surface area (Å²) in [7, 11) is 0. The standard InChI is InChI=1S/C21H25ClN2O/c1-13-7-8-16-11-17(20(22)23-19(16)14(13)2)12-24(18-5-3-4-6-18)21(25)15-9-10-15/h7-8,11,15,18H,3-6,9-10,12H2,1-2H3. The van der Waals surface area contributed by atoms with E-state index in [1.165, 1.54) is 24.0 Å². The maximum absolute atomic E-state index is 12.8. The summed E-state index contributed by atoms with van der Waals surface area (Å²) < 4.78 is 0. The van der Waals surface area contributed by atoms with Crippen LogP contribution in [0.1, 0.15) is 55.2 Å². The molecule has 1 heterocycles. The molecular weight excluding hydrogens is 332 g/mol. The van der Waals surface area contributed by atoms with E-state index in [0.717, 1.165) is 42.1 Å². The van der Waals surface area contributed by atoms with E-state index < -0.39 is 0 Å². The zero-order valence-corrected chi connectivity index (χ0v) is 15.8. The predicted molar refractivity (Wildman–Crippen MR) is 102 cm³/mol. The van der Waals surface area contributed by atoms with Crippen LogP contribution >= 0.6 is 11.6 Å². The molecule has 1 amide bonds. The van der Waals surface area contributed by atoms with Crippen molar-refractivity contribution in [3.63, 3.8) is 0 Å². The largest absolute Gasteiger partial charge is 0.335 e. The van der Waals surface area contributed by atoms with Gasteiger partial charge in [0.05, 0.1) is 5.52 Å². The smallest absolute Gasteiger partial charge is 0.226 e. The van der Waals surface area contributed by atoms with Crippen molar-refractivity contribution in [2.45, 2.75) is 65.0 Å². The van der Waals surface area contributed by atoms with Gasteiger partial charge in [-0.25, -0.2) is 4.98 Å². The summed E-state index contributed by atoms with van der Waals surface area (Å²) in [5.74, 6) is 0.570. The maximum atomic E-state index is 12.8. The van der Waals surface area contributed by atoms with E-state index in [1.807, 2.05) is 0 Å². The molecule has 0 spiro atoms. The number of amides is 1. The monoisotopic (exact) mass is 356 g/mol. The summed E-state index contributed by atoms with van der Waals surface area (Å²) in [6, 6.07) is 6.73. The summed E-state index contributed by atoms with van der Waals surface area (Å²) in [5, 5.41) is 1.64. The molecule has 0 aliphatic heterocycles. The van der Waals surface area contributed by atoms with Gasteiger partial charge in [-0.1, -0.05) is 36.6 Å². The summed E-state index contributed by atoms with van der Waals surface area (Å²) in [5.41, 5.74) is 4.33. The van der Waals surface area contributed by atoms with E-state index in [1.54, 1.807) is 0 Å². The van der Waals surface area contributed by atoms with Crippen LogP contribution in [0.3, 0.4) is 0 Å². The maximum Gasteiger partial charge on any atom is 0.226 e. The van der Waals surface area contributed by atoms with Crippen molar-refractivity contribution in [1.29, 1.82) is 0 Å². The number of aromatic nitrogens is 1. The van der Waals surface area contributed by atoms with Crippen molar-refractivity contribution in [1.82, 2.24) is 9.88 Å². The molecule has 4 rings (SSSR count). The number of halogens is 1. The van der Waals surface area contributed by atoms with Gasteiger partial charge in [-0.2, -0.15) is 0 Å². The zero-order valence-electron chi connectivity index (χ0n) is 15.0. The first-order chi connectivity index (χ1) is 12.0. The average Bonchev–Trinajstić information content (AvgIpc) is 3.32. The normalized spacial score (nSPS) is 18.0. The van der Waals surface area contributed by atoms with Crippen LogP contribution in [0.2, 0.25) is 5.15 Å². The van der Waals surface area contributed by atoms with Gasteiger partial charge in [-0.05, 0) is 56.7 Å². The lowest BCUT2D eigenvalue weighted by Crippen LogP contribution is -2.39. The van der Waals surface area contributed by atoms with Crippen LogP contribution in [-0.4, -0.2) is 21.8 Å². The van der Waals surface area contributed by atoms with Crippen molar-refractivity contribution in [3.8, 4) is 0 Å². The number of benzene rings is 1. The van der Waals surface area contributed by atoms with Crippen LogP contribution in [0.4, 0.5) is 0 Å². The fourth-order valence-electron chi connectivity index (χ4n) is 3.97. The van der Waals surface area contributed by atoms with Crippen molar-refractivity contribution >= 4 is 28.4 Å². The quantitative estimate of drug-likeness (QED) is 0.706. The zero-order chi connectivity index (χ0) is 17.6. The first kappa shape index (κ1) is 16.8. The van der Waals surface area contributed by atoms with Gasteiger partial charge in [0, 0.05) is 29.5 Å². The Kier molecular flexibility index (Phi) is 4.45. The highest BCUT2D eigenvalue weighted by Crippen LogP contribution is 2.36. The van der Waals surface area contributed by atoms with Crippen LogP contribution in [0.15, 0.2) is 18.2 Å². The number of rotatable bonds is 4. The van der Waals surface area contributed by atoms with Crippen LogP contribution in [0, 0.1) is 19.8 Å². The van der Waals surface area contributed by atoms with E-state index in [0.29, 0.717) is 23.6 Å². The van der Waals surface area contributed by atoms with Crippen molar-refractivity contribution < 1.29 is 4.79 Å². The third kappa shape index (κ3) is 3.27. The highest BCUT2D eigenvalue weighted by atomic mass is 35.5. The third-order valence-electron chi connectivity index (χ3n) is 5.85. The Balaban J connectivity index is 1.68. The van der Waals surface area contributed by atoms with E-state index in [2.05, 4.69) is 41.9 Å². The second-order valence-corrected chi connectivity index (χ2v) is 8.05. The van der Waals surface area contributed by atoms with E-state index in [9.17, 15) is 4.79 Å². The van der Waals surface area contributed by atoms with Gasteiger partial charge in [0.2, 0.25) is 5.91 Å². The molecule has 2 saturated carbocycles. The third-order valence-corrected chi connectivity index (χ3v) is 6.18. The molecule has 2 aromatic rings. The lowest BCUT2D eigenvalue weighted by molar-refractivity contribution is -0.135. The van der Waals surface area contributed by atoms with E-state index >= 15 is 0 Å². The molecule has 0 atom stereocenters. The molecule has 3 nitrogen and oxygen atoms in total. The Morgan fingerprint density at radius 2 is 1.92 bits per heavy atom. The topological polar surface area (TPSA) is 33.2 Å². The number of pyridine rings is 1. The fourth-order valence-corrected chi connectivity index (χ4v) is 4.16. The summed E-state index contributed by atoms with van der Waals surface area (Å²) in [4.78, 5) is 19.6. The minimum atomic E-state index is 0.248. The average molecular weight is 357 g/mol. The Morgan fingerprint density at radius 3 is 2.60 bits per heavy atom. The van der Waals surface area contributed by atoms with Crippen LogP contribution in [-0.2, 0) is 11.3 Å². The first-order valence-corrected chi connectivity index (χ1v) is 9.78. The Labute approximate surface area is 154 Å². The van der Waals surface area contributed by atoms with Gasteiger partial charge in [0.25, 0.3) is 0 Å². The molecule has 2 aliphatic rings. The molecule has 4 heteroatoms. The fraction of sp³-hybridized carbons (Fsp3) is 0.524. The van der Waals surface area contributed by atoms with Crippen LogP contribution in [0.5, 0.6) is 0 Å². The van der Waals surface area contributed by atoms with Gasteiger partial charge >= 0.3 is 0 Å². The number of aryl methyl sites for hydroxylation is 2. The Morgan fingerprint density at radius 1 is 1.20 bits per heavy atom. The highest BCUT2D eigenvalue weighted by Gasteiger charge is 2.37. The van der Waals surface area contributed by atoms with Crippen molar-refractivity contribution in [2.75, 3.05) is 0 Å². The molecule has 0 bridgehead atoms. The predicted octanol–water partition coefficient (Wildman–Crippen LogP) is 5.19. The Hall–Kier alpha value is -1.61. The summed E-state index contributed by atoms with van der Waals surface area (Å²) in [6.07, 6.45) is 6.78. The number of carbonyl (C=O) groups is 1. The summed E-state index contributed by atoms with van der Waals surface area (Å²) in [6.45, 7) is 4.77. The summed E-state index contributed by atoms with van der Waals surface area (Å²) >= 11 is 6.53. The van der Waals surface area contributed by atoms with Crippen LogP contribution in [0.25, 0.3) is 10.9 Å². The lowest BCUT2D eigenvalue weighted by Gasteiger charge is -2.29. The Bertz CT molecular complexity index is 822. The van der Waals surface area contributed by atoms with Gasteiger partial charge in [0.15, 0.2) is 0 Å². The molecule has 0 radical (unpaired) electrons. The molecule has 25 heavy (non-hydrogen) atoms. The molecule has 1 aromatic carbocycles. The number of fused-ring (bicyclic) bond motifs is 1. The lowest BCUT2D eigenvalue weighted by atomic mass is 10.0. The molecule has 0 saturated heterocycles.